The van der Waals surface area contributed by atoms with Crippen molar-refractivity contribution in [3.05, 3.63) is 53.8 Å². The highest BCUT2D eigenvalue weighted by atomic mass is 32.2. The van der Waals surface area contributed by atoms with Gasteiger partial charge in [0.05, 0.1) is 4.90 Å². The topological polar surface area (TPSA) is 49.4 Å². The molecule has 2 rings (SSSR count). The lowest BCUT2D eigenvalue weighted by Crippen LogP contribution is -2.14. The maximum absolute atomic E-state index is 13.1. The van der Waals surface area contributed by atoms with Gasteiger partial charge >= 0.3 is 0 Å². The zero-order valence-electron chi connectivity index (χ0n) is 11.8. The first kappa shape index (κ1) is 16.2. The van der Waals surface area contributed by atoms with E-state index in [0.29, 0.717) is 12.1 Å². The smallest absolute Gasteiger partial charge is 0.262 e. The van der Waals surface area contributed by atoms with Crippen molar-refractivity contribution in [3.8, 4) is 0 Å². The van der Waals surface area contributed by atoms with E-state index in [1.165, 1.54) is 12.1 Å². The van der Waals surface area contributed by atoms with Gasteiger partial charge in [-0.15, -0.1) is 0 Å². The van der Waals surface area contributed by atoms with Crippen LogP contribution in [0.3, 0.4) is 0 Å². The molecule has 0 heterocycles. The molecule has 0 saturated carbocycles. The minimum absolute atomic E-state index is 0.218. The van der Waals surface area contributed by atoms with Crippen LogP contribution in [0.2, 0.25) is 0 Å². The highest BCUT2D eigenvalue weighted by Crippen LogP contribution is 2.22. The first-order chi connectivity index (χ1) is 10.2. The standard InChI is InChI=1S/C14H13F3N2O2S/c1-19(2)10-5-3-9(4-6-10)18-22(20,21)11-7-12(15)14(17)13(16)8-11/h3-8,18H,1-2H3. The van der Waals surface area contributed by atoms with Crippen LogP contribution in [0.25, 0.3) is 0 Å². The van der Waals surface area contributed by atoms with Crippen LogP contribution < -0.4 is 9.62 Å². The first-order valence-corrected chi connectivity index (χ1v) is 7.64. The summed E-state index contributed by atoms with van der Waals surface area (Å²) >= 11 is 0. The Morgan fingerprint density at radius 2 is 1.45 bits per heavy atom. The highest BCUT2D eigenvalue weighted by molar-refractivity contribution is 7.92. The van der Waals surface area contributed by atoms with Gasteiger partial charge in [0.1, 0.15) is 0 Å². The number of sulfonamides is 1. The predicted octanol–water partition coefficient (Wildman–Crippen LogP) is 2.97. The normalized spacial score (nSPS) is 11.3. The largest absolute Gasteiger partial charge is 0.378 e. The van der Waals surface area contributed by atoms with Crippen molar-refractivity contribution in [2.24, 2.45) is 0 Å². The Hall–Kier alpha value is -2.22. The summed E-state index contributed by atoms with van der Waals surface area (Å²) in [5, 5.41) is 0. The molecule has 0 radical (unpaired) electrons. The van der Waals surface area contributed by atoms with Crippen LogP contribution in [0.15, 0.2) is 41.3 Å². The molecule has 118 valence electrons. The van der Waals surface area contributed by atoms with Crippen molar-refractivity contribution in [1.29, 1.82) is 0 Å². The van der Waals surface area contributed by atoms with Gasteiger partial charge in [0.25, 0.3) is 10.0 Å². The highest BCUT2D eigenvalue weighted by Gasteiger charge is 2.20. The van der Waals surface area contributed by atoms with Crippen LogP contribution in [0.4, 0.5) is 24.5 Å². The van der Waals surface area contributed by atoms with E-state index >= 15 is 0 Å². The number of hydrogen-bond acceptors (Lipinski definition) is 3. The summed E-state index contributed by atoms with van der Waals surface area (Å²) in [6, 6.07) is 7.20. The maximum atomic E-state index is 13.1. The molecule has 2 aromatic carbocycles. The van der Waals surface area contributed by atoms with Crippen LogP contribution in [0.1, 0.15) is 0 Å². The fourth-order valence-corrected chi connectivity index (χ4v) is 2.81. The molecular weight excluding hydrogens is 317 g/mol. The van der Waals surface area contributed by atoms with Crippen molar-refractivity contribution < 1.29 is 21.6 Å². The summed E-state index contributed by atoms with van der Waals surface area (Å²) < 4.78 is 65.4. The average molecular weight is 330 g/mol. The Kier molecular flexibility index (Phi) is 4.32. The maximum Gasteiger partial charge on any atom is 0.262 e. The quantitative estimate of drug-likeness (QED) is 0.877. The van der Waals surface area contributed by atoms with Gasteiger partial charge in [-0.3, -0.25) is 4.72 Å². The van der Waals surface area contributed by atoms with Crippen LogP contribution in [-0.2, 0) is 10.0 Å². The Labute approximate surface area is 126 Å². The van der Waals surface area contributed by atoms with Crippen LogP contribution in [-0.4, -0.2) is 22.5 Å². The van der Waals surface area contributed by atoms with E-state index in [0.717, 1.165) is 5.69 Å². The molecule has 0 atom stereocenters. The second kappa shape index (κ2) is 5.88. The third-order valence-electron chi connectivity index (χ3n) is 2.90. The molecule has 0 amide bonds. The van der Waals surface area contributed by atoms with Gasteiger partial charge in [0, 0.05) is 25.5 Å². The van der Waals surface area contributed by atoms with Gasteiger partial charge < -0.3 is 4.90 Å². The molecule has 0 aliphatic carbocycles. The minimum Gasteiger partial charge on any atom is -0.378 e. The monoisotopic (exact) mass is 330 g/mol. The van der Waals surface area contributed by atoms with Crippen molar-refractivity contribution in [2.75, 3.05) is 23.7 Å². The van der Waals surface area contributed by atoms with Crippen LogP contribution >= 0.6 is 0 Å². The van der Waals surface area contributed by atoms with E-state index in [4.69, 9.17) is 0 Å². The van der Waals surface area contributed by atoms with Gasteiger partial charge in [-0.05, 0) is 36.4 Å². The lowest BCUT2D eigenvalue weighted by Gasteiger charge is -2.13. The first-order valence-electron chi connectivity index (χ1n) is 6.15. The van der Waals surface area contributed by atoms with Crippen molar-refractivity contribution >= 4 is 21.4 Å². The second-order valence-electron chi connectivity index (χ2n) is 4.75. The zero-order valence-corrected chi connectivity index (χ0v) is 12.6. The summed E-state index contributed by atoms with van der Waals surface area (Å²) in [4.78, 5) is 1.13. The van der Waals surface area contributed by atoms with Gasteiger partial charge in [0.2, 0.25) is 0 Å². The molecule has 0 saturated heterocycles. The van der Waals surface area contributed by atoms with E-state index in [2.05, 4.69) is 4.72 Å². The summed E-state index contributed by atoms with van der Waals surface area (Å²) in [6.07, 6.45) is 0. The Balaban J connectivity index is 2.31. The van der Waals surface area contributed by atoms with E-state index in [1.54, 1.807) is 12.1 Å². The third kappa shape index (κ3) is 3.33. The number of hydrogen-bond donors (Lipinski definition) is 1. The molecule has 22 heavy (non-hydrogen) atoms. The molecule has 8 heteroatoms. The Morgan fingerprint density at radius 1 is 0.955 bits per heavy atom. The number of nitrogens with zero attached hydrogens (tertiary/aromatic N) is 1. The molecular formula is C14H13F3N2O2S. The van der Waals surface area contributed by atoms with Gasteiger partial charge in [-0.2, -0.15) is 0 Å². The van der Waals surface area contributed by atoms with E-state index < -0.39 is 32.4 Å². The molecule has 4 nitrogen and oxygen atoms in total. The average Bonchev–Trinajstić information content (AvgIpc) is 2.44. The molecule has 0 unspecified atom stereocenters. The van der Waals surface area contributed by atoms with Crippen molar-refractivity contribution in [3.63, 3.8) is 0 Å². The zero-order chi connectivity index (χ0) is 16.5. The minimum atomic E-state index is -4.22. The molecule has 0 aliphatic rings. The number of halogens is 3. The number of benzene rings is 2. The summed E-state index contributed by atoms with van der Waals surface area (Å²) in [5.41, 5.74) is 1.07. The summed E-state index contributed by atoms with van der Waals surface area (Å²) in [5.74, 6) is -4.85. The molecule has 1 N–H and O–H groups in total. The SMILES string of the molecule is CN(C)c1ccc(NS(=O)(=O)c2cc(F)c(F)c(F)c2)cc1. The number of nitrogens with one attached hydrogen (secondary N) is 1. The van der Waals surface area contributed by atoms with Crippen molar-refractivity contribution in [2.45, 2.75) is 4.90 Å². The lowest BCUT2D eigenvalue weighted by molar-refractivity contribution is 0.442. The summed E-state index contributed by atoms with van der Waals surface area (Å²) in [7, 11) is -0.573. The van der Waals surface area contributed by atoms with E-state index in [9.17, 15) is 21.6 Å². The van der Waals surface area contributed by atoms with Crippen LogP contribution in [0.5, 0.6) is 0 Å². The fourth-order valence-electron chi connectivity index (χ4n) is 1.73. The second-order valence-corrected chi connectivity index (χ2v) is 6.43. The molecule has 0 aliphatic heterocycles. The predicted molar refractivity (Wildman–Crippen MR) is 77.9 cm³/mol. The number of anilines is 2. The van der Waals surface area contributed by atoms with E-state index in [-0.39, 0.29) is 5.69 Å². The molecule has 0 spiro atoms. The van der Waals surface area contributed by atoms with Gasteiger partial charge in [-0.25, -0.2) is 21.6 Å². The van der Waals surface area contributed by atoms with Gasteiger partial charge in [-0.1, -0.05) is 0 Å². The molecule has 0 bridgehead atoms. The van der Waals surface area contributed by atoms with Crippen molar-refractivity contribution in [1.82, 2.24) is 0 Å². The third-order valence-corrected chi connectivity index (χ3v) is 4.26. The summed E-state index contributed by atoms with van der Waals surface area (Å²) in [6.45, 7) is 0. The number of rotatable bonds is 4. The molecule has 0 aromatic heterocycles. The fraction of sp³-hybridized carbons (Fsp3) is 0.143. The van der Waals surface area contributed by atoms with E-state index in [1.807, 2.05) is 19.0 Å². The van der Waals surface area contributed by atoms with Crippen LogP contribution in [0, 0.1) is 17.5 Å². The Bertz CT molecular complexity index is 767. The Morgan fingerprint density at radius 3 is 1.91 bits per heavy atom. The molecule has 2 aromatic rings. The molecule has 0 fully saturated rings. The van der Waals surface area contributed by atoms with Gasteiger partial charge in [0.15, 0.2) is 17.5 Å². The lowest BCUT2D eigenvalue weighted by atomic mass is 10.3.